The Morgan fingerprint density at radius 1 is 1.23 bits per heavy atom. The number of pyridine rings is 2. The first-order valence-electron chi connectivity index (χ1n) is 9.84. The molecule has 1 saturated carbocycles. The van der Waals surface area contributed by atoms with Crippen LogP contribution < -0.4 is 40.4 Å². The number of ether oxygens (including phenoxy) is 1. The molecule has 156 valence electrons. The average Bonchev–Trinajstić information content (AvgIpc) is 3.34. The van der Waals surface area contributed by atoms with E-state index in [1.165, 1.54) is 32.2 Å². The van der Waals surface area contributed by atoms with E-state index in [-0.39, 0.29) is 42.1 Å². The summed E-state index contributed by atoms with van der Waals surface area (Å²) in [7, 11) is 0. The topological polar surface area (TPSA) is 89.0 Å². The summed E-state index contributed by atoms with van der Waals surface area (Å²) in [6.07, 6.45) is 10.3. The second-order valence-corrected chi connectivity index (χ2v) is 8.12. The van der Waals surface area contributed by atoms with E-state index in [1.54, 1.807) is 50.0 Å². The van der Waals surface area contributed by atoms with Crippen LogP contribution in [0.3, 0.4) is 0 Å². The van der Waals surface area contributed by atoms with Gasteiger partial charge in [0.1, 0.15) is 5.82 Å². The minimum Gasteiger partial charge on any atom is -0.649 e. The van der Waals surface area contributed by atoms with Crippen LogP contribution in [0.4, 0.5) is 5.82 Å². The van der Waals surface area contributed by atoms with E-state index in [1.807, 2.05) is 18.2 Å². The molecule has 30 heavy (non-hydrogen) atoms. The van der Waals surface area contributed by atoms with Crippen molar-refractivity contribution in [1.82, 2.24) is 14.5 Å². The molecule has 3 aromatic rings. The van der Waals surface area contributed by atoms with Gasteiger partial charge < -0.3 is 19.8 Å². The molecule has 1 fully saturated rings. The van der Waals surface area contributed by atoms with Crippen molar-refractivity contribution in [2.24, 2.45) is 0 Å². The fourth-order valence-electron chi connectivity index (χ4n) is 3.27. The molecule has 0 unspecified atom stereocenters. The summed E-state index contributed by atoms with van der Waals surface area (Å²) in [6, 6.07) is 8.13. The van der Waals surface area contributed by atoms with Crippen LogP contribution in [-0.4, -0.2) is 32.7 Å². The van der Waals surface area contributed by atoms with Crippen molar-refractivity contribution in [2.75, 3.05) is 5.32 Å². The Kier molecular flexibility index (Phi) is 8.70. The third kappa shape index (κ3) is 6.45. The number of hydrogen-bond acceptors (Lipinski definition) is 5. The van der Waals surface area contributed by atoms with Gasteiger partial charge in [-0.15, -0.1) is 0 Å². The molecule has 8 heteroatoms. The summed E-state index contributed by atoms with van der Waals surface area (Å²) in [5, 5.41) is 4.15. The number of hydrogen-bond donors (Lipinski definition) is 2. The quantitative estimate of drug-likeness (QED) is 0.489. The van der Waals surface area contributed by atoms with Crippen molar-refractivity contribution in [3.63, 3.8) is 0 Å². The zero-order valence-corrected chi connectivity index (χ0v) is 20.1. The summed E-state index contributed by atoms with van der Waals surface area (Å²) in [6.45, 7) is 6.73. The number of fused-ring (bicyclic) bond motifs is 1. The third-order valence-electron chi connectivity index (χ3n) is 4.70. The van der Waals surface area contributed by atoms with Crippen molar-refractivity contribution in [2.45, 2.75) is 58.1 Å². The van der Waals surface area contributed by atoms with Crippen LogP contribution in [0.5, 0.6) is 0 Å². The summed E-state index contributed by atoms with van der Waals surface area (Å²) in [4.78, 5) is 29.4. The first-order chi connectivity index (χ1) is 13.9. The second kappa shape index (κ2) is 10.8. The molecular weight excluding hydrogens is 391 g/mol. The maximum atomic E-state index is 12.5. The summed E-state index contributed by atoms with van der Waals surface area (Å²) in [5.41, 5.74) is 1.23. The van der Waals surface area contributed by atoms with Gasteiger partial charge in [-0.1, -0.05) is 19.3 Å². The van der Waals surface area contributed by atoms with Crippen molar-refractivity contribution in [3.05, 3.63) is 53.2 Å². The molecule has 0 atom stereocenters. The molecule has 3 aromatic heterocycles. The Morgan fingerprint density at radius 3 is 2.53 bits per heavy atom. The number of nitrogens with one attached hydrogen (secondary N) is 2. The maximum Gasteiger partial charge on any atom is 1.00 e. The standard InChI is InChI=1S/C17H18N4O.C5H9O2.Na.H2/c22-17-14-7-9-18-15(14)8-10-21(17)13-5-6-16(19-11-13)20-12-3-1-2-4-12;1-5(2,3)7-4-6;;/h5-12,18H,1-4H2,(H,19,20);1-3H3;;1H/q;-1;+1;. The zero-order chi connectivity index (χ0) is 20.9. The largest absolute Gasteiger partial charge is 1.00 e. The second-order valence-electron chi connectivity index (χ2n) is 8.12. The van der Waals surface area contributed by atoms with Gasteiger partial charge in [0.15, 0.2) is 0 Å². The minimum absolute atomic E-state index is 0. The van der Waals surface area contributed by atoms with Crippen LogP contribution in [0.1, 0.15) is 47.9 Å². The predicted molar refractivity (Wildman–Crippen MR) is 116 cm³/mol. The zero-order valence-electron chi connectivity index (χ0n) is 18.1. The van der Waals surface area contributed by atoms with Crippen LogP contribution in [-0.2, 0) is 9.53 Å². The number of aromatic nitrogens is 3. The van der Waals surface area contributed by atoms with E-state index in [0.29, 0.717) is 11.4 Å². The van der Waals surface area contributed by atoms with Gasteiger partial charge in [0.25, 0.3) is 5.56 Å². The molecule has 0 aromatic carbocycles. The summed E-state index contributed by atoms with van der Waals surface area (Å²) in [5.74, 6) is 0.881. The normalized spacial score (nSPS) is 13.8. The van der Waals surface area contributed by atoms with Gasteiger partial charge in [-0.2, -0.15) is 0 Å². The number of anilines is 1. The molecule has 1 aliphatic rings. The molecule has 0 bridgehead atoms. The molecule has 3 heterocycles. The molecular formula is C22H29N4NaO3. The molecule has 0 aliphatic heterocycles. The van der Waals surface area contributed by atoms with Crippen LogP contribution >= 0.6 is 0 Å². The number of carbonyl (C=O) groups excluding carboxylic acids is 1. The third-order valence-corrected chi connectivity index (χ3v) is 4.70. The molecule has 4 rings (SSSR count). The fraction of sp³-hybridized carbons (Fsp3) is 0.409. The van der Waals surface area contributed by atoms with Crippen molar-refractivity contribution >= 4 is 23.2 Å². The van der Waals surface area contributed by atoms with Crippen molar-refractivity contribution < 1.29 is 40.5 Å². The van der Waals surface area contributed by atoms with Gasteiger partial charge in [-0.25, -0.2) is 4.98 Å². The maximum absolute atomic E-state index is 12.5. The van der Waals surface area contributed by atoms with E-state index >= 15 is 0 Å². The Balaban J connectivity index is 0.000000469. The van der Waals surface area contributed by atoms with Gasteiger partial charge in [0.2, 0.25) is 0 Å². The summed E-state index contributed by atoms with van der Waals surface area (Å²) >= 11 is 0. The smallest absolute Gasteiger partial charge is 0.649 e. The van der Waals surface area contributed by atoms with Crippen LogP contribution in [0.25, 0.3) is 16.6 Å². The Labute approximate surface area is 200 Å². The van der Waals surface area contributed by atoms with E-state index < -0.39 is 0 Å². The van der Waals surface area contributed by atoms with E-state index in [4.69, 9.17) is 0 Å². The van der Waals surface area contributed by atoms with Gasteiger partial charge >= 0.3 is 29.6 Å². The molecule has 1 aliphatic carbocycles. The van der Waals surface area contributed by atoms with Gasteiger partial charge in [-0.3, -0.25) is 9.36 Å². The van der Waals surface area contributed by atoms with Gasteiger partial charge in [-0.05, 0) is 57.9 Å². The van der Waals surface area contributed by atoms with E-state index in [9.17, 15) is 9.59 Å². The average molecular weight is 420 g/mol. The minimum atomic E-state index is -0.373. The molecule has 0 radical (unpaired) electrons. The monoisotopic (exact) mass is 420 g/mol. The van der Waals surface area contributed by atoms with Crippen LogP contribution in [0, 0.1) is 0 Å². The predicted octanol–water partition coefficient (Wildman–Crippen LogP) is 1.19. The molecule has 2 N–H and O–H groups in total. The van der Waals surface area contributed by atoms with Crippen molar-refractivity contribution in [1.29, 1.82) is 0 Å². The summed E-state index contributed by atoms with van der Waals surface area (Å²) < 4.78 is 6.05. The first kappa shape index (κ1) is 24.2. The van der Waals surface area contributed by atoms with Gasteiger partial charge in [0, 0.05) is 19.9 Å². The van der Waals surface area contributed by atoms with E-state index in [0.717, 1.165) is 17.0 Å². The number of aromatic amines is 1. The SMILES string of the molecule is CC(C)(C)O[C-]=O.O=c1c2cc[nH]c2ccn1-c1ccc(NC2CCCC2)nc1.[HH].[Na+]. The number of rotatable bonds is 4. The molecule has 0 amide bonds. The van der Waals surface area contributed by atoms with E-state index in [2.05, 4.69) is 20.0 Å². The Hall–Kier alpha value is -2.09. The Bertz CT molecular complexity index is 1010. The molecule has 0 spiro atoms. The molecule has 0 saturated heterocycles. The van der Waals surface area contributed by atoms with Crippen LogP contribution in [0.15, 0.2) is 47.7 Å². The first-order valence-corrected chi connectivity index (χ1v) is 9.84. The number of nitrogens with zero attached hydrogens (tertiary/aromatic N) is 2. The Morgan fingerprint density at radius 2 is 1.97 bits per heavy atom. The molecule has 7 nitrogen and oxygen atoms in total. The van der Waals surface area contributed by atoms with Crippen LogP contribution in [0.2, 0.25) is 0 Å². The van der Waals surface area contributed by atoms with Crippen molar-refractivity contribution in [3.8, 4) is 5.69 Å². The van der Waals surface area contributed by atoms with Gasteiger partial charge in [0.05, 0.1) is 28.4 Å². The number of H-pyrrole nitrogens is 1. The fourth-order valence-corrected chi connectivity index (χ4v) is 3.27.